The minimum atomic E-state index is -0.295. The van der Waals surface area contributed by atoms with Crippen LogP contribution in [0.3, 0.4) is 0 Å². The standard InChI is InChI=1S/C15H24BrClO/c1-10-7-11(18)8-13(2,3)15(10)6-5-14(4,16)12(17)9-15/h7,11-12,18H,5-6,8-9H2,1-4H3/t11-,12+,14-,15-/m0/s1. The van der Waals surface area contributed by atoms with E-state index in [1.807, 2.05) is 6.08 Å². The number of alkyl halides is 2. The molecule has 3 heteroatoms. The molecule has 0 radical (unpaired) electrons. The van der Waals surface area contributed by atoms with Crippen molar-refractivity contribution in [1.29, 1.82) is 0 Å². The van der Waals surface area contributed by atoms with Crippen molar-refractivity contribution in [3.05, 3.63) is 11.6 Å². The molecule has 0 unspecified atom stereocenters. The Bertz CT molecular complexity index is 375. The van der Waals surface area contributed by atoms with E-state index in [1.165, 1.54) is 5.57 Å². The third-order valence-electron chi connectivity index (χ3n) is 5.43. The Morgan fingerprint density at radius 1 is 1.28 bits per heavy atom. The van der Waals surface area contributed by atoms with Crippen LogP contribution < -0.4 is 0 Å². The number of aliphatic hydroxyl groups excluding tert-OH is 1. The van der Waals surface area contributed by atoms with Gasteiger partial charge in [-0.2, -0.15) is 0 Å². The molecule has 0 amide bonds. The fourth-order valence-corrected chi connectivity index (χ4v) is 4.70. The zero-order chi connectivity index (χ0) is 13.8. The zero-order valence-electron chi connectivity index (χ0n) is 11.8. The molecule has 2 aliphatic carbocycles. The molecule has 2 aliphatic rings. The molecule has 1 nitrogen and oxygen atoms in total. The van der Waals surface area contributed by atoms with Gasteiger partial charge >= 0.3 is 0 Å². The van der Waals surface area contributed by atoms with Crippen LogP contribution in [0.2, 0.25) is 0 Å². The predicted molar refractivity (Wildman–Crippen MR) is 81.4 cm³/mol. The van der Waals surface area contributed by atoms with Crippen LogP contribution in [0.1, 0.15) is 53.4 Å². The highest BCUT2D eigenvalue weighted by Gasteiger charge is 2.54. The summed E-state index contributed by atoms with van der Waals surface area (Å²) in [6.45, 7) is 8.94. The second-order valence-electron chi connectivity index (χ2n) is 7.04. The lowest BCUT2D eigenvalue weighted by molar-refractivity contribution is 0.00285. The molecule has 0 aromatic heterocycles. The topological polar surface area (TPSA) is 20.2 Å². The number of hydrogen-bond donors (Lipinski definition) is 1. The first-order valence-electron chi connectivity index (χ1n) is 6.81. The molecule has 1 saturated carbocycles. The summed E-state index contributed by atoms with van der Waals surface area (Å²) in [6, 6.07) is 0. The first-order valence-corrected chi connectivity index (χ1v) is 8.04. The van der Waals surface area contributed by atoms with Crippen LogP contribution in [-0.4, -0.2) is 20.9 Å². The highest BCUT2D eigenvalue weighted by molar-refractivity contribution is 9.10. The molecule has 18 heavy (non-hydrogen) atoms. The Hall–Kier alpha value is 0.470. The molecule has 2 rings (SSSR count). The summed E-state index contributed by atoms with van der Waals surface area (Å²) in [6.07, 6.45) is 5.83. The SMILES string of the molecule is CC1=C[C@H](O)CC(C)(C)[C@]12CC[C@](C)(Br)[C@H](Cl)C2. The minimum Gasteiger partial charge on any atom is -0.389 e. The third-order valence-corrected chi connectivity index (χ3v) is 7.28. The lowest BCUT2D eigenvalue weighted by Crippen LogP contribution is -2.52. The second-order valence-corrected chi connectivity index (χ2v) is 9.38. The summed E-state index contributed by atoms with van der Waals surface area (Å²) in [5.74, 6) is 0. The smallest absolute Gasteiger partial charge is 0.0729 e. The third kappa shape index (κ3) is 2.19. The highest BCUT2D eigenvalue weighted by Crippen LogP contribution is 2.61. The first-order chi connectivity index (χ1) is 8.11. The summed E-state index contributed by atoms with van der Waals surface area (Å²) in [5, 5.41) is 10.1. The number of hydrogen-bond acceptors (Lipinski definition) is 1. The molecule has 0 saturated heterocycles. The molecular weight excluding hydrogens is 312 g/mol. The lowest BCUT2D eigenvalue weighted by atomic mass is 9.50. The molecular formula is C15H24BrClO. The Kier molecular flexibility index (Phi) is 3.71. The van der Waals surface area contributed by atoms with Crippen molar-refractivity contribution in [1.82, 2.24) is 0 Å². The number of halogens is 2. The molecule has 0 bridgehead atoms. The summed E-state index contributed by atoms with van der Waals surface area (Å²) in [4.78, 5) is 0. The molecule has 104 valence electrons. The molecule has 0 aromatic carbocycles. The van der Waals surface area contributed by atoms with Crippen LogP contribution in [0.15, 0.2) is 11.6 Å². The number of aliphatic hydroxyl groups is 1. The van der Waals surface area contributed by atoms with E-state index in [0.717, 1.165) is 25.7 Å². The fourth-order valence-electron chi connectivity index (χ4n) is 3.97. The second kappa shape index (κ2) is 4.49. The average molecular weight is 336 g/mol. The van der Waals surface area contributed by atoms with Crippen molar-refractivity contribution < 1.29 is 5.11 Å². The maximum absolute atomic E-state index is 9.98. The average Bonchev–Trinajstić information content (AvgIpc) is 2.19. The number of allylic oxidation sites excluding steroid dienone is 1. The Balaban J connectivity index is 2.38. The summed E-state index contributed by atoms with van der Waals surface area (Å²) >= 11 is 10.4. The van der Waals surface area contributed by atoms with Crippen molar-refractivity contribution in [2.24, 2.45) is 10.8 Å². The van der Waals surface area contributed by atoms with Gasteiger partial charge in [0.05, 0.1) is 6.10 Å². The van der Waals surface area contributed by atoms with Gasteiger partial charge in [0.2, 0.25) is 0 Å². The molecule has 1 spiro atoms. The fraction of sp³-hybridized carbons (Fsp3) is 0.867. The predicted octanol–water partition coefficient (Wildman–Crippen LogP) is 4.65. The van der Waals surface area contributed by atoms with E-state index >= 15 is 0 Å². The Labute approximate surface area is 124 Å². The zero-order valence-corrected chi connectivity index (χ0v) is 14.1. The van der Waals surface area contributed by atoms with Gasteiger partial charge < -0.3 is 5.11 Å². The van der Waals surface area contributed by atoms with Crippen LogP contribution in [-0.2, 0) is 0 Å². The maximum Gasteiger partial charge on any atom is 0.0729 e. The van der Waals surface area contributed by atoms with E-state index in [2.05, 4.69) is 43.6 Å². The van der Waals surface area contributed by atoms with Crippen LogP contribution in [0.4, 0.5) is 0 Å². The van der Waals surface area contributed by atoms with Crippen molar-refractivity contribution in [2.45, 2.75) is 69.2 Å². The molecule has 0 aromatic rings. The van der Waals surface area contributed by atoms with E-state index in [1.54, 1.807) is 0 Å². The Morgan fingerprint density at radius 2 is 1.89 bits per heavy atom. The van der Waals surface area contributed by atoms with Gasteiger partial charge in [0.1, 0.15) is 0 Å². The summed E-state index contributed by atoms with van der Waals surface area (Å²) in [7, 11) is 0. The number of rotatable bonds is 0. The van der Waals surface area contributed by atoms with Gasteiger partial charge in [-0.3, -0.25) is 0 Å². The Morgan fingerprint density at radius 3 is 2.39 bits per heavy atom. The quantitative estimate of drug-likeness (QED) is 0.504. The van der Waals surface area contributed by atoms with Crippen LogP contribution in [0, 0.1) is 10.8 Å². The van der Waals surface area contributed by atoms with Gasteiger partial charge in [-0.1, -0.05) is 41.4 Å². The minimum absolute atomic E-state index is 0.0478. The van der Waals surface area contributed by atoms with Crippen molar-refractivity contribution in [3.8, 4) is 0 Å². The van der Waals surface area contributed by atoms with Crippen molar-refractivity contribution >= 4 is 27.5 Å². The van der Waals surface area contributed by atoms with Gasteiger partial charge in [-0.05, 0) is 50.4 Å². The van der Waals surface area contributed by atoms with E-state index in [-0.39, 0.29) is 26.6 Å². The largest absolute Gasteiger partial charge is 0.389 e. The summed E-state index contributed by atoms with van der Waals surface area (Å²) < 4.78 is 0.0478. The lowest BCUT2D eigenvalue weighted by Gasteiger charge is -2.57. The molecule has 1 fully saturated rings. The van der Waals surface area contributed by atoms with Crippen molar-refractivity contribution in [2.75, 3.05) is 0 Å². The molecule has 0 heterocycles. The maximum atomic E-state index is 9.98. The highest BCUT2D eigenvalue weighted by atomic mass is 79.9. The normalized spacial score (nSPS) is 48.1. The van der Waals surface area contributed by atoms with Crippen LogP contribution in [0.5, 0.6) is 0 Å². The van der Waals surface area contributed by atoms with Crippen LogP contribution in [0.25, 0.3) is 0 Å². The molecule has 4 atom stereocenters. The monoisotopic (exact) mass is 334 g/mol. The van der Waals surface area contributed by atoms with E-state index in [0.29, 0.717) is 0 Å². The first kappa shape index (κ1) is 14.9. The summed E-state index contributed by atoms with van der Waals surface area (Å²) in [5.41, 5.74) is 1.60. The van der Waals surface area contributed by atoms with Gasteiger partial charge in [-0.25, -0.2) is 0 Å². The van der Waals surface area contributed by atoms with Crippen LogP contribution >= 0.6 is 27.5 Å². The van der Waals surface area contributed by atoms with Gasteiger partial charge in [0, 0.05) is 9.70 Å². The molecule has 1 N–H and O–H groups in total. The van der Waals surface area contributed by atoms with E-state index in [9.17, 15) is 5.11 Å². The van der Waals surface area contributed by atoms with Crippen molar-refractivity contribution in [3.63, 3.8) is 0 Å². The van der Waals surface area contributed by atoms with Gasteiger partial charge in [-0.15, -0.1) is 11.6 Å². The van der Waals surface area contributed by atoms with Gasteiger partial charge in [0.15, 0.2) is 0 Å². The molecule has 0 aliphatic heterocycles. The van der Waals surface area contributed by atoms with E-state index in [4.69, 9.17) is 11.6 Å². The van der Waals surface area contributed by atoms with E-state index < -0.39 is 0 Å². The van der Waals surface area contributed by atoms with Gasteiger partial charge in [0.25, 0.3) is 0 Å².